The van der Waals surface area contributed by atoms with Crippen LogP contribution in [0.1, 0.15) is 24.5 Å². The average Bonchev–Trinajstić information content (AvgIpc) is 2.54. The Balaban J connectivity index is 2.08. The minimum atomic E-state index is 0.512. The molecule has 1 aliphatic heterocycles. The van der Waals surface area contributed by atoms with Gasteiger partial charge in [0.25, 0.3) is 0 Å². The summed E-state index contributed by atoms with van der Waals surface area (Å²) >= 11 is 3.32. The fourth-order valence-corrected chi connectivity index (χ4v) is 1.84. The average molecular weight is 231 g/mol. The first-order valence-corrected chi connectivity index (χ1v) is 4.94. The van der Waals surface area contributed by atoms with Gasteiger partial charge in [-0.05, 0) is 34.8 Å². The van der Waals surface area contributed by atoms with Crippen LogP contribution in [0.4, 0.5) is 0 Å². The Hall–Kier alpha value is -0.350. The molecule has 1 aromatic rings. The highest BCUT2D eigenvalue weighted by Crippen LogP contribution is 2.24. The standard InChI is InChI=1S/C8H11BrN2O/c9-8-4-7(10-11-8)6-2-1-3-12-5-6/h4,6H,1-3,5H2,(H,10,11). The maximum Gasteiger partial charge on any atom is 0.128 e. The number of nitrogens with zero attached hydrogens (tertiary/aromatic N) is 1. The summed E-state index contributed by atoms with van der Waals surface area (Å²) in [6.07, 6.45) is 2.36. The summed E-state index contributed by atoms with van der Waals surface area (Å²) in [7, 11) is 0. The quantitative estimate of drug-likeness (QED) is 0.803. The molecule has 1 fully saturated rings. The minimum absolute atomic E-state index is 0.512. The van der Waals surface area contributed by atoms with Gasteiger partial charge in [0.2, 0.25) is 0 Å². The van der Waals surface area contributed by atoms with Gasteiger partial charge in [-0.1, -0.05) is 0 Å². The second kappa shape index (κ2) is 3.58. The summed E-state index contributed by atoms with van der Waals surface area (Å²) < 4.78 is 6.26. The second-order valence-electron chi connectivity index (χ2n) is 3.06. The van der Waals surface area contributed by atoms with Crippen molar-refractivity contribution in [1.29, 1.82) is 0 Å². The molecule has 4 heteroatoms. The molecular weight excluding hydrogens is 220 g/mol. The molecule has 0 aromatic carbocycles. The summed E-state index contributed by atoms with van der Waals surface area (Å²) in [6, 6.07) is 2.03. The van der Waals surface area contributed by atoms with Crippen molar-refractivity contribution in [3.63, 3.8) is 0 Å². The molecule has 0 aliphatic carbocycles. The Morgan fingerprint density at radius 3 is 3.17 bits per heavy atom. The fourth-order valence-electron chi connectivity index (χ4n) is 1.51. The van der Waals surface area contributed by atoms with Crippen molar-refractivity contribution in [3.8, 4) is 0 Å². The predicted octanol–water partition coefficient (Wildman–Crippen LogP) is 2.07. The van der Waals surface area contributed by atoms with E-state index < -0.39 is 0 Å². The van der Waals surface area contributed by atoms with Crippen LogP contribution >= 0.6 is 15.9 Å². The van der Waals surface area contributed by atoms with Crippen molar-refractivity contribution in [3.05, 3.63) is 16.4 Å². The zero-order chi connectivity index (χ0) is 8.39. The molecule has 0 saturated carbocycles. The third-order valence-electron chi connectivity index (χ3n) is 2.17. The van der Waals surface area contributed by atoms with Gasteiger partial charge in [0.1, 0.15) is 4.60 Å². The molecule has 2 rings (SSSR count). The molecule has 0 bridgehead atoms. The Kier molecular flexibility index (Phi) is 2.46. The molecule has 0 spiro atoms. The van der Waals surface area contributed by atoms with Gasteiger partial charge in [-0.2, -0.15) is 5.10 Å². The molecule has 1 unspecified atom stereocenters. The Labute approximate surface area is 79.6 Å². The smallest absolute Gasteiger partial charge is 0.128 e. The normalized spacial score (nSPS) is 24.2. The van der Waals surface area contributed by atoms with Crippen molar-refractivity contribution < 1.29 is 4.74 Å². The van der Waals surface area contributed by atoms with E-state index >= 15 is 0 Å². The molecular formula is C8H11BrN2O. The van der Waals surface area contributed by atoms with E-state index in [0.717, 1.165) is 24.2 Å². The first kappa shape index (κ1) is 8.26. The molecule has 1 atom stereocenters. The summed E-state index contributed by atoms with van der Waals surface area (Å²) in [5.74, 6) is 0.512. The van der Waals surface area contributed by atoms with E-state index in [1.807, 2.05) is 6.07 Å². The molecule has 0 amide bonds. The monoisotopic (exact) mass is 230 g/mol. The minimum Gasteiger partial charge on any atom is -0.381 e. The van der Waals surface area contributed by atoms with Crippen LogP contribution in [0.15, 0.2) is 10.7 Å². The van der Waals surface area contributed by atoms with Gasteiger partial charge in [0.15, 0.2) is 0 Å². The van der Waals surface area contributed by atoms with Crippen LogP contribution in [0.5, 0.6) is 0 Å². The number of aromatic amines is 1. The lowest BCUT2D eigenvalue weighted by molar-refractivity contribution is 0.0793. The highest BCUT2D eigenvalue weighted by molar-refractivity contribution is 9.10. The van der Waals surface area contributed by atoms with Crippen LogP contribution in [0.25, 0.3) is 0 Å². The molecule has 1 aliphatic rings. The van der Waals surface area contributed by atoms with Gasteiger partial charge < -0.3 is 4.74 Å². The molecule has 1 N–H and O–H groups in total. The first-order chi connectivity index (χ1) is 5.86. The Morgan fingerprint density at radius 1 is 1.67 bits per heavy atom. The third kappa shape index (κ3) is 1.69. The van der Waals surface area contributed by atoms with Gasteiger partial charge in [-0.3, -0.25) is 5.10 Å². The highest BCUT2D eigenvalue weighted by Gasteiger charge is 2.17. The lowest BCUT2D eigenvalue weighted by Gasteiger charge is -2.20. The van der Waals surface area contributed by atoms with E-state index in [1.54, 1.807) is 0 Å². The van der Waals surface area contributed by atoms with Crippen molar-refractivity contribution in [2.45, 2.75) is 18.8 Å². The number of hydrogen-bond acceptors (Lipinski definition) is 2. The van der Waals surface area contributed by atoms with Crippen molar-refractivity contribution in [2.24, 2.45) is 0 Å². The number of ether oxygens (including phenoxy) is 1. The van der Waals surface area contributed by atoms with Gasteiger partial charge in [0.05, 0.1) is 6.61 Å². The summed E-state index contributed by atoms with van der Waals surface area (Å²) in [4.78, 5) is 0. The number of nitrogens with one attached hydrogen (secondary N) is 1. The molecule has 66 valence electrons. The summed E-state index contributed by atoms with van der Waals surface area (Å²) in [5, 5.41) is 7.03. The van der Waals surface area contributed by atoms with Gasteiger partial charge in [-0.25, -0.2) is 0 Å². The maximum absolute atomic E-state index is 5.38. The van der Waals surface area contributed by atoms with E-state index in [1.165, 1.54) is 12.1 Å². The van der Waals surface area contributed by atoms with Crippen molar-refractivity contribution in [2.75, 3.05) is 13.2 Å². The molecule has 1 saturated heterocycles. The van der Waals surface area contributed by atoms with Crippen molar-refractivity contribution >= 4 is 15.9 Å². The first-order valence-electron chi connectivity index (χ1n) is 4.15. The van der Waals surface area contributed by atoms with Gasteiger partial charge >= 0.3 is 0 Å². The Bertz CT molecular complexity index is 255. The number of aromatic nitrogens is 2. The summed E-state index contributed by atoms with van der Waals surface area (Å²) in [5.41, 5.74) is 1.18. The molecule has 12 heavy (non-hydrogen) atoms. The molecule has 3 nitrogen and oxygen atoms in total. The van der Waals surface area contributed by atoms with Crippen LogP contribution in [-0.2, 0) is 4.74 Å². The lowest BCUT2D eigenvalue weighted by Crippen LogP contribution is -2.15. The zero-order valence-electron chi connectivity index (χ0n) is 6.72. The topological polar surface area (TPSA) is 37.9 Å². The fraction of sp³-hybridized carbons (Fsp3) is 0.625. The Morgan fingerprint density at radius 2 is 2.58 bits per heavy atom. The molecule has 1 aromatic heterocycles. The van der Waals surface area contributed by atoms with E-state index in [4.69, 9.17) is 4.74 Å². The highest BCUT2D eigenvalue weighted by atomic mass is 79.9. The SMILES string of the molecule is Brc1cc(C2CCCOC2)[nH]n1. The van der Waals surface area contributed by atoms with Gasteiger partial charge in [0, 0.05) is 18.2 Å². The van der Waals surface area contributed by atoms with E-state index in [0.29, 0.717) is 5.92 Å². The van der Waals surface area contributed by atoms with E-state index in [9.17, 15) is 0 Å². The number of hydrogen-bond donors (Lipinski definition) is 1. The number of halogens is 1. The van der Waals surface area contributed by atoms with Crippen LogP contribution in [0.2, 0.25) is 0 Å². The van der Waals surface area contributed by atoms with Crippen LogP contribution in [0, 0.1) is 0 Å². The van der Waals surface area contributed by atoms with Crippen LogP contribution in [0.3, 0.4) is 0 Å². The van der Waals surface area contributed by atoms with E-state index in [-0.39, 0.29) is 0 Å². The summed E-state index contributed by atoms with van der Waals surface area (Å²) in [6.45, 7) is 1.74. The van der Waals surface area contributed by atoms with E-state index in [2.05, 4.69) is 26.1 Å². The third-order valence-corrected chi connectivity index (χ3v) is 2.57. The second-order valence-corrected chi connectivity index (χ2v) is 3.87. The molecule has 0 radical (unpaired) electrons. The number of rotatable bonds is 1. The maximum atomic E-state index is 5.38. The molecule has 2 heterocycles. The lowest BCUT2D eigenvalue weighted by atomic mass is 9.99. The largest absolute Gasteiger partial charge is 0.381 e. The number of H-pyrrole nitrogens is 1. The van der Waals surface area contributed by atoms with Crippen LogP contribution < -0.4 is 0 Å². The van der Waals surface area contributed by atoms with Crippen LogP contribution in [-0.4, -0.2) is 23.4 Å². The zero-order valence-corrected chi connectivity index (χ0v) is 8.30. The van der Waals surface area contributed by atoms with Crippen molar-refractivity contribution in [1.82, 2.24) is 10.2 Å². The van der Waals surface area contributed by atoms with Gasteiger partial charge in [-0.15, -0.1) is 0 Å². The predicted molar refractivity (Wildman–Crippen MR) is 49.1 cm³/mol.